The lowest BCUT2D eigenvalue weighted by Crippen LogP contribution is -2.26. The normalized spacial score (nSPS) is 34.9. The fourth-order valence-corrected chi connectivity index (χ4v) is 1.17. The molecular formula is C7H12FNO. The van der Waals surface area contributed by atoms with Crippen molar-refractivity contribution < 1.29 is 9.18 Å². The van der Waals surface area contributed by atoms with E-state index in [4.69, 9.17) is 0 Å². The minimum absolute atomic E-state index is 0.330. The first-order chi connectivity index (χ1) is 4.77. The Labute approximate surface area is 59.8 Å². The number of alkyl halides is 1. The van der Waals surface area contributed by atoms with E-state index in [1.54, 1.807) is 0 Å². The highest BCUT2D eigenvalue weighted by Crippen LogP contribution is 2.21. The molecule has 0 spiro atoms. The number of halogens is 1. The maximum atomic E-state index is 13.2. The lowest BCUT2D eigenvalue weighted by molar-refractivity contribution is -0.118. The second-order valence-corrected chi connectivity index (χ2v) is 2.76. The highest BCUT2D eigenvalue weighted by molar-refractivity contribution is 5.62. The van der Waals surface area contributed by atoms with Crippen molar-refractivity contribution in [2.24, 2.45) is 0 Å². The Hall–Kier alpha value is -0.440. The van der Waals surface area contributed by atoms with Crippen molar-refractivity contribution in [2.45, 2.75) is 24.9 Å². The molecule has 2 nitrogen and oxygen atoms in total. The summed E-state index contributed by atoms with van der Waals surface area (Å²) in [6, 6.07) is 0. The lowest BCUT2D eigenvalue weighted by atomic mass is 9.99. The van der Waals surface area contributed by atoms with E-state index >= 15 is 0 Å². The van der Waals surface area contributed by atoms with Gasteiger partial charge in [0.2, 0.25) is 0 Å². The third-order valence-corrected chi connectivity index (χ3v) is 1.87. The van der Waals surface area contributed by atoms with Gasteiger partial charge in [-0.05, 0) is 25.9 Å². The zero-order valence-corrected chi connectivity index (χ0v) is 5.90. The van der Waals surface area contributed by atoms with E-state index in [0.717, 1.165) is 13.0 Å². The number of carbonyl (C=O) groups excluding carboxylic acids is 1. The standard InChI is InChI=1S/C7H12FNO/c8-7(6-10)2-1-4-9-5-3-7/h6,9H,1-5H2. The zero-order chi connectivity index (χ0) is 7.45. The molecule has 0 saturated carbocycles. The van der Waals surface area contributed by atoms with Gasteiger partial charge in [-0.1, -0.05) is 0 Å². The molecule has 1 heterocycles. The summed E-state index contributed by atoms with van der Waals surface area (Å²) in [5, 5.41) is 3.04. The Bertz CT molecular complexity index is 119. The van der Waals surface area contributed by atoms with Crippen molar-refractivity contribution in [1.82, 2.24) is 5.32 Å². The molecule has 0 aliphatic carbocycles. The summed E-state index contributed by atoms with van der Waals surface area (Å²) in [6.07, 6.45) is 1.91. The van der Waals surface area contributed by atoms with Crippen LogP contribution in [0.15, 0.2) is 0 Å². The lowest BCUT2D eigenvalue weighted by Gasteiger charge is -2.13. The minimum Gasteiger partial charge on any atom is -0.317 e. The van der Waals surface area contributed by atoms with Crippen LogP contribution < -0.4 is 5.32 Å². The average Bonchev–Trinajstić information content (AvgIpc) is 2.15. The Morgan fingerprint density at radius 3 is 2.90 bits per heavy atom. The van der Waals surface area contributed by atoms with Crippen LogP contribution in [-0.2, 0) is 4.79 Å². The van der Waals surface area contributed by atoms with Gasteiger partial charge in [-0.3, -0.25) is 4.79 Å². The van der Waals surface area contributed by atoms with Gasteiger partial charge in [0, 0.05) is 6.42 Å². The number of hydrogen-bond acceptors (Lipinski definition) is 2. The van der Waals surface area contributed by atoms with Gasteiger partial charge in [-0.25, -0.2) is 4.39 Å². The monoisotopic (exact) mass is 145 g/mol. The molecule has 1 aliphatic rings. The first kappa shape index (κ1) is 7.66. The van der Waals surface area contributed by atoms with Crippen LogP contribution in [0.4, 0.5) is 4.39 Å². The molecule has 0 bridgehead atoms. The summed E-state index contributed by atoms with van der Waals surface area (Å²) in [7, 11) is 0. The molecule has 0 aromatic rings. The third kappa shape index (κ3) is 1.77. The van der Waals surface area contributed by atoms with Gasteiger partial charge >= 0.3 is 0 Å². The van der Waals surface area contributed by atoms with E-state index in [-0.39, 0.29) is 0 Å². The molecule has 0 aromatic heterocycles. The van der Waals surface area contributed by atoms with E-state index in [0.29, 0.717) is 25.7 Å². The molecule has 0 aromatic carbocycles. The van der Waals surface area contributed by atoms with Crippen LogP contribution in [0.1, 0.15) is 19.3 Å². The largest absolute Gasteiger partial charge is 0.317 e. The molecule has 1 fully saturated rings. The quantitative estimate of drug-likeness (QED) is 0.549. The van der Waals surface area contributed by atoms with Gasteiger partial charge in [0.15, 0.2) is 12.0 Å². The van der Waals surface area contributed by atoms with Crippen molar-refractivity contribution in [3.05, 3.63) is 0 Å². The third-order valence-electron chi connectivity index (χ3n) is 1.87. The first-order valence-electron chi connectivity index (χ1n) is 3.63. The number of rotatable bonds is 1. The van der Waals surface area contributed by atoms with Crippen LogP contribution in [0, 0.1) is 0 Å². The van der Waals surface area contributed by atoms with Crippen LogP contribution in [-0.4, -0.2) is 25.0 Å². The summed E-state index contributed by atoms with van der Waals surface area (Å²) in [5.41, 5.74) is -1.54. The first-order valence-corrected chi connectivity index (χ1v) is 3.63. The SMILES string of the molecule is O=CC1(F)CCCNCC1. The highest BCUT2D eigenvalue weighted by atomic mass is 19.1. The molecule has 1 saturated heterocycles. The van der Waals surface area contributed by atoms with E-state index in [1.165, 1.54) is 0 Å². The predicted molar refractivity (Wildman–Crippen MR) is 36.6 cm³/mol. The van der Waals surface area contributed by atoms with Gasteiger partial charge in [0.05, 0.1) is 0 Å². The fourth-order valence-electron chi connectivity index (χ4n) is 1.17. The number of aldehydes is 1. The molecule has 1 atom stereocenters. The molecular weight excluding hydrogens is 133 g/mol. The molecule has 0 amide bonds. The molecule has 1 rings (SSSR count). The maximum absolute atomic E-state index is 13.2. The van der Waals surface area contributed by atoms with Crippen LogP contribution in [0.5, 0.6) is 0 Å². The predicted octanol–water partition coefficient (Wildman–Crippen LogP) is 0.667. The Morgan fingerprint density at radius 1 is 1.40 bits per heavy atom. The van der Waals surface area contributed by atoms with Gasteiger partial charge in [-0.15, -0.1) is 0 Å². The number of hydrogen-bond donors (Lipinski definition) is 1. The van der Waals surface area contributed by atoms with Crippen LogP contribution in [0.2, 0.25) is 0 Å². The van der Waals surface area contributed by atoms with Crippen LogP contribution >= 0.6 is 0 Å². The van der Waals surface area contributed by atoms with E-state index in [9.17, 15) is 9.18 Å². The summed E-state index contributed by atoms with van der Waals surface area (Å²) in [5.74, 6) is 0. The van der Waals surface area contributed by atoms with E-state index < -0.39 is 5.67 Å². The van der Waals surface area contributed by atoms with Crippen molar-refractivity contribution in [2.75, 3.05) is 13.1 Å². The fraction of sp³-hybridized carbons (Fsp3) is 0.857. The van der Waals surface area contributed by atoms with E-state index in [2.05, 4.69) is 5.32 Å². The van der Waals surface area contributed by atoms with Gasteiger partial charge in [0.25, 0.3) is 0 Å². The van der Waals surface area contributed by atoms with Gasteiger partial charge in [0.1, 0.15) is 0 Å². The van der Waals surface area contributed by atoms with Crippen LogP contribution in [0.25, 0.3) is 0 Å². The molecule has 1 unspecified atom stereocenters. The average molecular weight is 145 g/mol. The summed E-state index contributed by atoms with van der Waals surface area (Å²) in [6.45, 7) is 1.45. The Kier molecular flexibility index (Phi) is 2.38. The number of nitrogens with one attached hydrogen (secondary N) is 1. The van der Waals surface area contributed by atoms with Crippen molar-refractivity contribution in [3.63, 3.8) is 0 Å². The molecule has 3 heteroatoms. The summed E-state index contributed by atoms with van der Waals surface area (Å²) >= 11 is 0. The van der Waals surface area contributed by atoms with Gasteiger partial charge < -0.3 is 5.32 Å². The van der Waals surface area contributed by atoms with E-state index in [1.807, 2.05) is 0 Å². The maximum Gasteiger partial charge on any atom is 0.167 e. The van der Waals surface area contributed by atoms with Crippen molar-refractivity contribution >= 4 is 6.29 Å². The molecule has 1 N–H and O–H groups in total. The molecule has 58 valence electrons. The second kappa shape index (κ2) is 3.10. The van der Waals surface area contributed by atoms with Crippen molar-refractivity contribution in [3.8, 4) is 0 Å². The highest BCUT2D eigenvalue weighted by Gasteiger charge is 2.29. The minimum atomic E-state index is -1.54. The Morgan fingerprint density at radius 2 is 2.20 bits per heavy atom. The molecule has 0 radical (unpaired) electrons. The topological polar surface area (TPSA) is 29.1 Å². The second-order valence-electron chi connectivity index (χ2n) is 2.76. The molecule has 10 heavy (non-hydrogen) atoms. The van der Waals surface area contributed by atoms with Gasteiger partial charge in [-0.2, -0.15) is 0 Å². The Balaban J connectivity index is 2.48. The van der Waals surface area contributed by atoms with Crippen LogP contribution in [0.3, 0.4) is 0 Å². The summed E-state index contributed by atoms with van der Waals surface area (Å²) in [4.78, 5) is 10.2. The molecule has 1 aliphatic heterocycles. The smallest absolute Gasteiger partial charge is 0.167 e. The zero-order valence-electron chi connectivity index (χ0n) is 5.90. The van der Waals surface area contributed by atoms with Crippen molar-refractivity contribution in [1.29, 1.82) is 0 Å². The number of carbonyl (C=O) groups is 1. The summed E-state index contributed by atoms with van der Waals surface area (Å²) < 4.78 is 13.2.